The molecule has 1 aliphatic rings. The summed E-state index contributed by atoms with van der Waals surface area (Å²) in [7, 11) is 2.10. The van der Waals surface area contributed by atoms with Crippen LogP contribution in [0, 0.1) is 0 Å². The van der Waals surface area contributed by atoms with Gasteiger partial charge in [0.25, 0.3) is 0 Å². The van der Waals surface area contributed by atoms with Gasteiger partial charge < -0.3 is 10.6 Å². The normalized spacial score (nSPS) is 18.1. The lowest BCUT2D eigenvalue weighted by Crippen LogP contribution is -2.16. The van der Waals surface area contributed by atoms with Gasteiger partial charge in [-0.15, -0.1) is 0 Å². The minimum Gasteiger partial charge on any atom is -0.347 e. The van der Waals surface area contributed by atoms with E-state index in [9.17, 15) is 0 Å². The number of benzene rings is 1. The number of fused-ring (bicyclic) bond motifs is 1. The molecular weight excluding hydrogens is 254 g/mol. The molecule has 1 aliphatic carbocycles. The first-order chi connectivity index (χ1) is 9.24. The number of aromatic nitrogens is 1. The van der Waals surface area contributed by atoms with Crippen LogP contribution in [0.3, 0.4) is 0 Å². The molecule has 0 bridgehead atoms. The van der Waals surface area contributed by atoms with Gasteiger partial charge in [-0.3, -0.25) is 0 Å². The van der Waals surface area contributed by atoms with Gasteiger partial charge in [-0.05, 0) is 24.8 Å². The number of hydrogen-bond acceptors (Lipinski definition) is 4. The fourth-order valence-corrected chi connectivity index (χ4v) is 3.64. The summed E-state index contributed by atoms with van der Waals surface area (Å²) in [5.41, 5.74) is 8.69. The van der Waals surface area contributed by atoms with Crippen LogP contribution in [0.4, 0.5) is 5.13 Å². The van der Waals surface area contributed by atoms with Crippen LogP contribution in [0.15, 0.2) is 30.3 Å². The van der Waals surface area contributed by atoms with Crippen LogP contribution in [0.2, 0.25) is 0 Å². The summed E-state index contributed by atoms with van der Waals surface area (Å²) in [4.78, 5) is 8.27. The van der Waals surface area contributed by atoms with Crippen LogP contribution >= 0.6 is 11.3 Å². The van der Waals surface area contributed by atoms with Crippen LogP contribution in [0.25, 0.3) is 0 Å². The number of rotatable bonds is 3. The molecule has 100 valence electrons. The topological polar surface area (TPSA) is 42.2 Å². The van der Waals surface area contributed by atoms with Crippen LogP contribution in [-0.2, 0) is 13.0 Å². The second-order valence-corrected chi connectivity index (χ2v) is 6.16. The molecule has 0 spiro atoms. The zero-order valence-corrected chi connectivity index (χ0v) is 12.0. The second kappa shape index (κ2) is 5.31. The first-order valence-corrected chi connectivity index (χ1v) is 7.56. The highest BCUT2D eigenvalue weighted by Gasteiger charge is 2.22. The van der Waals surface area contributed by atoms with Crippen LogP contribution in [-0.4, -0.2) is 12.0 Å². The van der Waals surface area contributed by atoms with Crippen molar-refractivity contribution in [2.75, 3.05) is 11.9 Å². The molecule has 0 amide bonds. The molecular formula is C15H19N3S. The molecule has 19 heavy (non-hydrogen) atoms. The SMILES string of the molecule is CN(Cc1ccccc1)c1nc2c(s1)C(N)CCC2. The maximum atomic E-state index is 6.16. The molecule has 2 aromatic rings. The van der Waals surface area contributed by atoms with E-state index in [-0.39, 0.29) is 6.04 Å². The maximum Gasteiger partial charge on any atom is 0.185 e. The molecule has 0 saturated heterocycles. The van der Waals surface area contributed by atoms with Crippen molar-refractivity contribution in [3.05, 3.63) is 46.5 Å². The molecule has 1 atom stereocenters. The van der Waals surface area contributed by atoms with E-state index in [2.05, 4.69) is 36.2 Å². The van der Waals surface area contributed by atoms with Crippen molar-refractivity contribution < 1.29 is 0 Å². The van der Waals surface area contributed by atoms with Gasteiger partial charge >= 0.3 is 0 Å². The number of thiazole rings is 1. The molecule has 3 nitrogen and oxygen atoms in total. The van der Waals surface area contributed by atoms with Crippen molar-refractivity contribution in [3.63, 3.8) is 0 Å². The van der Waals surface area contributed by atoms with Crippen molar-refractivity contribution in [2.24, 2.45) is 5.73 Å². The molecule has 0 saturated carbocycles. The Kier molecular flexibility index (Phi) is 3.53. The van der Waals surface area contributed by atoms with Crippen molar-refractivity contribution in [2.45, 2.75) is 31.8 Å². The average molecular weight is 273 g/mol. The van der Waals surface area contributed by atoms with Gasteiger partial charge in [0, 0.05) is 24.5 Å². The minimum absolute atomic E-state index is 0.195. The number of hydrogen-bond donors (Lipinski definition) is 1. The maximum absolute atomic E-state index is 6.16. The van der Waals surface area contributed by atoms with Crippen molar-refractivity contribution in [1.29, 1.82) is 0 Å². The molecule has 1 aromatic heterocycles. The molecule has 1 aromatic carbocycles. The predicted octanol–water partition coefficient (Wildman–Crippen LogP) is 3.12. The summed E-state index contributed by atoms with van der Waals surface area (Å²) in [5, 5.41) is 1.09. The van der Waals surface area contributed by atoms with E-state index < -0.39 is 0 Å². The Hall–Kier alpha value is -1.39. The quantitative estimate of drug-likeness (QED) is 0.934. The van der Waals surface area contributed by atoms with E-state index in [0.29, 0.717) is 0 Å². The van der Waals surface area contributed by atoms with Crippen LogP contribution in [0.1, 0.15) is 35.0 Å². The third-order valence-corrected chi connectivity index (χ3v) is 4.91. The molecule has 1 heterocycles. The summed E-state index contributed by atoms with van der Waals surface area (Å²) < 4.78 is 0. The van der Waals surface area contributed by atoms with E-state index >= 15 is 0 Å². The Morgan fingerprint density at radius 2 is 2.16 bits per heavy atom. The van der Waals surface area contributed by atoms with Gasteiger partial charge in [-0.1, -0.05) is 41.7 Å². The van der Waals surface area contributed by atoms with Gasteiger partial charge in [0.05, 0.1) is 5.69 Å². The Morgan fingerprint density at radius 1 is 1.37 bits per heavy atom. The zero-order chi connectivity index (χ0) is 13.2. The highest BCUT2D eigenvalue weighted by Crippen LogP contribution is 2.36. The van der Waals surface area contributed by atoms with Gasteiger partial charge in [0.15, 0.2) is 5.13 Å². The summed E-state index contributed by atoms with van der Waals surface area (Å²) in [6.07, 6.45) is 3.34. The molecule has 1 unspecified atom stereocenters. The van der Waals surface area contributed by atoms with Crippen molar-refractivity contribution in [3.8, 4) is 0 Å². The monoisotopic (exact) mass is 273 g/mol. The number of aryl methyl sites for hydroxylation is 1. The Balaban J connectivity index is 1.79. The molecule has 4 heteroatoms. The summed E-state index contributed by atoms with van der Waals surface area (Å²) in [6, 6.07) is 10.7. The number of anilines is 1. The van der Waals surface area contributed by atoms with Crippen LogP contribution in [0.5, 0.6) is 0 Å². The lowest BCUT2D eigenvalue weighted by molar-refractivity contribution is 0.573. The summed E-state index contributed by atoms with van der Waals surface area (Å²) in [6.45, 7) is 0.891. The highest BCUT2D eigenvalue weighted by molar-refractivity contribution is 7.15. The van der Waals surface area contributed by atoms with Gasteiger partial charge in [-0.25, -0.2) is 4.98 Å². The molecule has 0 radical (unpaired) electrons. The molecule has 0 aliphatic heterocycles. The Morgan fingerprint density at radius 3 is 2.89 bits per heavy atom. The second-order valence-electron chi connectivity index (χ2n) is 5.15. The molecule has 3 rings (SSSR count). The van der Waals surface area contributed by atoms with Gasteiger partial charge in [-0.2, -0.15) is 0 Å². The zero-order valence-electron chi connectivity index (χ0n) is 11.2. The van der Waals surface area contributed by atoms with Gasteiger partial charge in [0.1, 0.15) is 0 Å². The number of nitrogens with two attached hydrogens (primary N) is 1. The van der Waals surface area contributed by atoms with E-state index in [1.807, 2.05) is 6.07 Å². The van der Waals surface area contributed by atoms with E-state index in [1.165, 1.54) is 22.6 Å². The third kappa shape index (κ3) is 2.65. The summed E-state index contributed by atoms with van der Waals surface area (Å²) in [5.74, 6) is 0. The first-order valence-electron chi connectivity index (χ1n) is 6.74. The predicted molar refractivity (Wildman–Crippen MR) is 80.5 cm³/mol. The fourth-order valence-electron chi connectivity index (χ4n) is 2.53. The summed E-state index contributed by atoms with van der Waals surface area (Å²) >= 11 is 1.76. The third-order valence-electron chi connectivity index (χ3n) is 3.57. The van der Waals surface area contributed by atoms with Crippen molar-refractivity contribution in [1.82, 2.24) is 4.98 Å². The van der Waals surface area contributed by atoms with E-state index in [4.69, 9.17) is 10.7 Å². The smallest absolute Gasteiger partial charge is 0.185 e. The molecule has 0 fully saturated rings. The lowest BCUT2D eigenvalue weighted by Gasteiger charge is -2.16. The van der Waals surface area contributed by atoms with Crippen LogP contribution < -0.4 is 10.6 Å². The van der Waals surface area contributed by atoms with E-state index in [1.54, 1.807) is 11.3 Å². The largest absolute Gasteiger partial charge is 0.347 e. The number of nitrogens with zero attached hydrogens (tertiary/aromatic N) is 2. The Bertz CT molecular complexity index is 550. The molecule has 2 N–H and O–H groups in total. The average Bonchev–Trinajstić information content (AvgIpc) is 2.85. The van der Waals surface area contributed by atoms with E-state index in [0.717, 1.165) is 24.5 Å². The standard InChI is InChI=1S/C15H19N3S/c1-18(10-11-6-3-2-4-7-11)15-17-13-9-5-8-12(16)14(13)19-15/h2-4,6-7,12H,5,8-10,16H2,1H3. The first kappa shape index (κ1) is 12.6. The highest BCUT2D eigenvalue weighted by atomic mass is 32.1. The Labute approximate surface area is 118 Å². The fraction of sp³-hybridized carbons (Fsp3) is 0.400. The van der Waals surface area contributed by atoms with Crippen molar-refractivity contribution >= 4 is 16.5 Å². The minimum atomic E-state index is 0.195. The van der Waals surface area contributed by atoms with Gasteiger partial charge in [0.2, 0.25) is 0 Å². The lowest BCUT2D eigenvalue weighted by atomic mass is 9.99.